The lowest BCUT2D eigenvalue weighted by atomic mass is 10.0. The number of carbonyl (C=O) groups is 2. The monoisotopic (exact) mass is 679 g/mol. The highest BCUT2D eigenvalue weighted by atomic mass is 16.5. The molecule has 0 amide bonds. The van der Waals surface area contributed by atoms with Crippen molar-refractivity contribution in [1.82, 2.24) is 0 Å². The van der Waals surface area contributed by atoms with Gasteiger partial charge in [-0.15, -0.1) is 0 Å². The summed E-state index contributed by atoms with van der Waals surface area (Å²) in [6, 6.07) is 0. The molecule has 0 bridgehead atoms. The molecule has 0 aliphatic rings. The summed E-state index contributed by atoms with van der Waals surface area (Å²) in [7, 11) is 0. The minimum absolute atomic E-state index is 0.00890. The van der Waals surface area contributed by atoms with E-state index >= 15 is 0 Å². The maximum absolute atomic E-state index is 12.0. The average molecular weight is 679 g/mol. The van der Waals surface area contributed by atoms with E-state index in [9.17, 15) is 9.59 Å². The molecule has 0 aromatic carbocycles. The van der Waals surface area contributed by atoms with Crippen molar-refractivity contribution in [2.45, 2.75) is 258 Å². The minimum Gasteiger partial charge on any atom is -0.466 e. The van der Waals surface area contributed by atoms with E-state index < -0.39 is 0 Å². The Balaban J connectivity index is 3.20. The number of hydrogen-bond acceptors (Lipinski definition) is 4. The van der Waals surface area contributed by atoms with Gasteiger partial charge in [0.15, 0.2) is 0 Å². The molecule has 0 aliphatic heterocycles. The van der Waals surface area contributed by atoms with Crippen molar-refractivity contribution in [3.63, 3.8) is 0 Å². The van der Waals surface area contributed by atoms with Gasteiger partial charge in [0.25, 0.3) is 0 Å². The van der Waals surface area contributed by atoms with Crippen LogP contribution in [0.25, 0.3) is 0 Å². The van der Waals surface area contributed by atoms with Crippen LogP contribution >= 0.6 is 0 Å². The Morgan fingerprint density at radius 2 is 0.458 bits per heavy atom. The molecule has 0 atom stereocenters. The summed E-state index contributed by atoms with van der Waals surface area (Å²) in [6.07, 6.45) is 47.8. The van der Waals surface area contributed by atoms with Crippen molar-refractivity contribution in [3.05, 3.63) is 0 Å². The van der Waals surface area contributed by atoms with E-state index in [1.807, 2.05) is 0 Å². The predicted octanol–water partition coefficient (Wildman–Crippen LogP) is 14.9. The molecule has 0 heterocycles. The SMILES string of the molecule is CCCCCCCCCCCCCOC(=O)CCCCCCCCCCCCCCCCC(=O)OCCCCCCCCCCCCC. The van der Waals surface area contributed by atoms with Gasteiger partial charge >= 0.3 is 11.9 Å². The van der Waals surface area contributed by atoms with E-state index in [-0.39, 0.29) is 11.9 Å². The van der Waals surface area contributed by atoms with Crippen LogP contribution in [0.5, 0.6) is 0 Å². The van der Waals surface area contributed by atoms with Gasteiger partial charge in [0.1, 0.15) is 0 Å². The predicted molar refractivity (Wildman–Crippen MR) is 209 cm³/mol. The van der Waals surface area contributed by atoms with Gasteiger partial charge in [0.2, 0.25) is 0 Å². The van der Waals surface area contributed by atoms with Crippen LogP contribution in [0.15, 0.2) is 0 Å². The standard InChI is InChI=1S/C44H86O4/c1-3-5-7-9-11-13-21-25-29-33-37-41-47-43(45)39-35-31-27-23-19-17-15-16-18-20-24-28-32-36-40-44(46)48-42-38-34-30-26-22-14-12-10-8-6-4-2/h3-42H2,1-2H3. The molecular formula is C44H86O4. The summed E-state index contributed by atoms with van der Waals surface area (Å²) in [4.78, 5) is 23.9. The van der Waals surface area contributed by atoms with Gasteiger partial charge in [-0.2, -0.15) is 0 Å². The molecule has 0 radical (unpaired) electrons. The molecule has 4 nitrogen and oxygen atoms in total. The molecule has 286 valence electrons. The molecule has 0 aromatic rings. The zero-order chi connectivity index (χ0) is 34.9. The van der Waals surface area contributed by atoms with Crippen LogP contribution in [0.4, 0.5) is 0 Å². The van der Waals surface area contributed by atoms with Crippen molar-refractivity contribution >= 4 is 11.9 Å². The third-order valence-corrected chi connectivity index (χ3v) is 10.0. The maximum atomic E-state index is 12.0. The van der Waals surface area contributed by atoms with Crippen LogP contribution in [0.1, 0.15) is 258 Å². The fourth-order valence-electron chi connectivity index (χ4n) is 6.71. The van der Waals surface area contributed by atoms with Crippen LogP contribution in [0.2, 0.25) is 0 Å². The van der Waals surface area contributed by atoms with E-state index in [2.05, 4.69) is 13.8 Å². The Kier molecular flexibility index (Phi) is 41.2. The van der Waals surface area contributed by atoms with Crippen molar-refractivity contribution in [2.75, 3.05) is 13.2 Å². The average Bonchev–Trinajstić information content (AvgIpc) is 3.09. The molecule has 0 saturated heterocycles. The molecule has 0 rings (SSSR count). The smallest absolute Gasteiger partial charge is 0.305 e. The first-order chi connectivity index (χ1) is 23.7. The summed E-state index contributed by atoms with van der Waals surface area (Å²) in [6.45, 7) is 5.78. The van der Waals surface area contributed by atoms with Crippen molar-refractivity contribution < 1.29 is 19.1 Å². The summed E-state index contributed by atoms with van der Waals surface area (Å²) in [5.41, 5.74) is 0. The van der Waals surface area contributed by atoms with Crippen LogP contribution < -0.4 is 0 Å². The normalized spacial score (nSPS) is 11.3. The molecule has 4 heteroatoms. The van der Waals surface area contributed by atoms with Gasteiger partial charge in [0, 0.05) is 12.8 Å². The Morgan fingerprint density at radius 3 is 0.688 bits per heavy atom. The summed E-state index contributed by atoms with van der Waals surface area (Å²) < 4.78 is 10.9. The summed E-state index contributed by atoms with van der Waals surface area (Å²) in [5, 5.41) is 0. The molecule has 0 unspecified atom stereocenters. The quantitative estimate of drug-likeness (QED) is 0.0477. The number of rotatable bonds is 41. The molecular weight excluding hydrogens is 592 g/mol. The van der Waals surface area contributed by atoms with Gasteiger partial charge in [-0.05, 0) is 25.7 Å². The first-order valence-electron chi connectivity index (χ1n) is 22.0. The first kappa shape index (κ1) is 46.9. The van der Waals surface area contributed by atoms with Gasteiger partial charge in [-0.1, -0.05) is 219 Å². The number of unbranched alkanes of at least 4 members (excludes halogenated alkanes) is 33. The number of carbonyl (C=O) groups excluding carboxylic acids is 2. The van der Waals surface area contributed by atoms with Crippen molar-refractivity contribution in [3.8, 4) is 0 Å². The fourth-order valence-corrected chi connectivity index (χ4v) is 6.71. The van der Waals surface area contributed by atoms with Crippen LogP contribution in [-0.2, 0) is 19.1 Å². The van der Waals surface area contributed by atoms with Crippen LogP contribution in [-0.4, -0.2) is 25.2 Å². The van der Waals surface area contributed by atoms with Crippen molar-refractivity contribution in [1.29, 1.82) is 0 Å². The van der Waals surface area contributed by atoms with Gasteiger partial charge in [0.05, 0.1) is 13.2 Å². The fraction of sp³-hybridized carbons (Fsp3) is 0.955. The summed E-state index contributed by atoms with van der Waals surface area (Å²) in [5.74, 6) is 0.0178. The lowest BCUT2D eigenvalue weighted by molar-refractivity contribution is -0.144. The van der Waals surface area contributed by atoms with Gasteiger partial charge in [-0.3, -0.25) is 9.59 Å². The molecule has 0 aromatic heterocycles. The van der Waals surface area contributed by atoms with E-state index in [0.29, 0.717) is 26.1 Å². The first-order valence-corrected chi connectivity index (χ1v) is 22.0. The van der Waals surface area contributed by atoms with Crippen LogP contribution in [0.3, 0.4) is 0 Å². The Labute approximate surface area is 301 Å². The molecule has 0 aliphatic carbocycles. The highest BCUT2D eigenvalue weighted by Gasteiger charge is 2.04. The zero-order valence-electron chi connectivity index (χ0n) is 32.9. The second-order valence-electron chi connectivity index (χ2n) is 15.0. The largest absolute Gasteiger partial charge is 0.466 e. The third-order valence-electron chi connectivity index (χ3n) is 10.0. The second kappa shape index (κ2) is 42.1. The maximum Gasteiger partial charge on any atom is 0.305 e. The molecule has 48 heavy (non-hydrogen) atoms. The lowest BCUT2D eigenvalue weighted by Crippen LogP contribution is -2.05. The molecule has 0 saturated carbocycles. The van der Waals surface area contributed by atoms with Gasteiger partial charge in [-0.25, -0.2) is 0 Å². The lowest BCUT2D eigenvalue weighted by Gasteiger charge is -2.06. The van der Waals surface area contributed by atoms with Crippen LogP contribution in [0, 0.1) is 0 Å². The summed E-state index contributed by atoms with van der Waals surface area (Å²) >= 11 is 0. The number of esters is 2. The Bertz CT molecular complexity index is 579. The molecule has 0 spiro atoms. The zero-order valence-corrected chi connectivity index (χ0v) is 32.9. The number of ether oxygens (including phenoxy) is 2. The van der Waals surface area contributed by atoms with E-state index in [0.717, 1.165) is 38.5 Å². The van der Waals surface area contributed by atoms with Gasteiger partial charge < -0.3 is 9.47 Å². The highest BCUT2D eigenvalue weighted by Crippen LogP contribution is 2.16. The van der Waals surface area contributed by atoms with E-state index in [1.165, 1.54) is 193 Å². The highest BCUT2D eigenvalue weighted by molar-refractivity contribution is 5.69. The molecule has 0 fully saturated rings. The third kappa shape index (κ3) is 41.1. The Morgan fingerprint density at radius 1 is 0.271 bits per heavy atom. The Hall–Kier alpha value is -1.06. The minimum atomic E-state index is 0.00890. The van der Waals surface area contributed by atoms with Crippen molar-refractivity contribution in [2.24, 2.45) is 0 Å². The molecule has 0 N–H and O–H groups in total. The second-order valence-corrected chi connectivity index (χ2v) is 15.0. The van der Waals surface area contributed by atoms with E-state index in [4.69, 9.17) is 9.47 Å². The topological polar surface area (TPSA) is 52.6 Å². The number of hydrogen-bond donors (Lipinski definition) is 0. The van der Waals surface area contributed by atoms with E-state index in [1.54, 1.807) is 0 Å².